The van der Waals surface area contributed by atoms with E-state index in [9.17, 15) is 14.7 Å². The van der Waals surface area contributed by atoms with E-state index in [1.165, 1.54) is 31.2 Å². The standard InChI is InChI=1S/C20H14Cl3NO4/c1-10(19(26)24-17-9-15(22)14(21)8-16(17)23)28-20(27)13-6-11-4-2-3-5-12(11)7-18(13)25/h2-10,25H,1H3,(H,24,26)/t10-/m1/s1. The number of rotatable bonds is 4. The molecule has 3 aromatic carbocycles. The van der Waals surface area contributed by atoms with Crippen LogP contribution in [0.1, 0.15) is 17.3 Å². The monoisotopic (exact) mass is 437 g/mol. The molecule has 0 spiro atoms. The van der Waals surface area contributed by atoms with Crippen LogP contribution in [0.25, 0.3) is 10.8 Å². The third-order valence-corrected chi connectivity index (χ3v) is 5.04. The fraction of sp³-hybridized carbons (Fsp3) is 0.100. The number of esters is 1. The average molecular weight is 439 g/mol. The van der Waals surface area contributed by atoms with Gasteiger partial charge in [-0.25, -0.2) is 4.79 Å². The number of aromatic hydroxyl groups is 1. The highest BCUT2D eigenvalue weighted by Crippen LogP contribution is 2.32. The first-order valence-electron chi connectivity index (χ1n) is 8.14. The summed E-state index contributed by atoms with van der Waals surface area (Å²) < 4.78 is 5.18. The summed E-state index contributed by atoms with van der Waals surface area (Å²) in [6.07, 6.45) is -1.15. The Morgan fingerprint density at radius 2 is 1.57 bits per heavy atom. The number of amides is 1. The van der Waals surface area contributed by atoms with Gasteiger partial charge in [-0.2, -0.15) is 0 Å². The summed E-state index contributed by atoms with van der Waals surface area (Å²) in [7, 11) is 0. The van der Waals surface area contributed by atoms with Crippen LogP contribution in [0.2, 0.25) is 15.1 Å². The van der Waals surface area contributed by atoms with Gasteiger partial charge in [-0.3, -0.25) is 4.79 Å². The molecule has 0 saturated carbocycles. The SMILES string of the molecule is C[C@@H](OC(=O)c1cc2ccccc2cc1O)C(=O)Nc1cc(Cl)c(Cl)cc1Cl. The molecule has 3 rings (SSSR count). The maximum atomic E-state index is 12.4. The first-order valence-corrected chi connectivity index (χ1v) is 9.28. The molecule has 0 bridgehead atoms. The summed E-state index contributed by atoms with van der Waals surface area (Å²) in [6, 6.07) is 13.0. The fourth-order valence-electron chi connectivity index (χ4n) is 2.52. The van der Waals surface area contributed by atoms with E-state index in [-0.39, 0.29) is 32.1 Å². The summed E-state index contributed by atoms with van der Waals surface area (Å²) in [4.78, 5) is 24.8. The van der Waals surface area contributed by atoms with Crippen molar-refractivity contribution < 1.29 is 19.4 Å². The average Bonchev–Trinajstić information content (AvgIpc) is 2.65. The Hall–Kier alpha value is -2.47. The summed E-state index contributed by atoms with van der Waals surface area (Å²) in [6.45, 7) is 1.40. The Balaban J connectivity index is 1.74. The van der Waals surface area contributed by atoms with Gasteiger partial charge in [0.05, 0.1) is 20.8 Å². The smallest absolute Gasteiger partial charge is 0.342 e. The number of anilines is 1. The number of hydrogen-bond donors (Lipinski definition) is 2. The van der Waals surface area contributed by atoms with Crippen molar-refractivity contribution >= 4 is 63.1 Å². The van der Waals surface area contributed by atoms with E-state index in [0.717, 1.165) is 10.8 Å². The number of fused-ring (bicyclic) bond motifs is 1. The molecule has 0 unspecified atom stereocenters. The Morgan fingerprint density at radius 3 is 2.25 bits per heavy atom. The zero-order chi connectivity index (χ0) is 20.4. The van der Waals surface area contributed by atoms with Gasteiger partial charge >= 0.3 is 5.97 Å². The second-order valence-electron chi connectivity index (χ2n) is 6.00. The lowest BCUT2D eigenvalue weighted by atomic mass is 10.1. The van der Waals surface area contributed by atoms with Crippen molar-refractivity contribution in [1.82, 2.24) is 0 Å². The van der Waals surface area contributed by atoms with E-state index in [1.807, 2.05) is 12.1 Å². The van der Waals surface area contributed by atoms with E-state index < -0.39 is 18.0 Å². The number of ether oxygens (including phenoxy) is 1. The molecule has 28 heavy (non-hydrogen) atoms. The second-order valence-corrected chi connectivity index (χ2v) is 7.22. The highest BCUT2D eigenvalue weighted by molar-refractivity contribution is 6.44. The van der Waals surface area contributed by atoms with Crippen LogP contribution in [0.4, 0.5) is 5.69 Å². The molecule has 0 heterocycles. The minimum absolute atomic E-state index is 0.0362. The zero-order valence-corrected chi connectivity index (χ0v) is 16.8. The summed E-state index contributed by atoms with van der Waals surface area (Å²) in [5, 5.41) is 14.8. The van der Waals surface area contributed by atoms with Crippen molar-refractivity contribution in [2.45, 2.75) is 13.0 Å². The van der Waals surface area contributed by atoms with Crippen LogP contribution in [0, 0.1) is 0 Å². The van der Waals surface area contributed by atoms with Crippen molar-refractivity contribution in [3.8, 4) is 5.75 Å². The van der Waals surface area contributed by atoms with Gasteiger partial charge in [0.25, 0.3) is 5.91 Å². The number of hydrogen-bond acceptors (Lipinski definition) is 4. The third kappa shape index (κ3) is 4.33. The topological polar surface area (TPSA) is 75.6 Å². The van der Waals surface area contributed by atoms with Crippen LogP contribution in [0.5, 0.6) is 5.75 Å². The Morgan fingerprint density at radius 1 is 0.964 bits per heavy atom. The number of phenols is 1. The van der Waals surface area contributed by atoms with Crippen molar-refractivity contribution in [3.63, 3.8) is 0 Å². The van der Waals surface area contributed by atoms with Crippen LogP contribution in [-0.2, 0) is 9.53 Å². The first-order chi connectivity index (χ1) is 13.3. The largest absolute Gasteiger partial charge is 0.507 e. The van der Waals surface area contributed by atoms with Gasteiger partial charge in [0.2, 0.25) is 0 Å². The highest BCUT2D eigenvalue weighted by atomic mass is 35.5. The van der Waals surface area contributed by atoms with E-state index in [2.05, 4.69) is 5.32 Å². The molecule has 0 aromatic heterocycles. The molecule has 144 valence electrons. The van der Waals surface area contributed by atoms with Crippen molar-refractivity contribution in [2.24, 2.45) is 0 Å². The zero-order valence-electron chi connectivity index (χ0n) is 14.5. The molecule has 8 heteroatoms. The van der Waals surface area contributed by atoms with Gasteiger partial charge in [0.15, 0.2) is 6.10 Å². The minimum Gasteiger partial charge on any atom is -0.507 e. The van der Waals surface area contributed by atoms with E-state index in [4.69, 9.17) is 39.5 Å². The minimum atomic E-state index is -1.15. The summed E-state index contributed by atoms with van der Waals surface area (Å²) >= 11 is 17.8. The molecule has 5 nitrogen and oxygen atoms in total. The number of benzene rings is 3. The van der Waals surface area contributed by atoms with Crippen LogP contribution in [0.3, 0.4) is 0 Å². The Kier molecular flexibility index (Phi) is 5.98. The molecule has 0 aliphatic heterocycles. The quantitative estimate of drug-likeness (QED) is 0.405. The van der Waals surface area contributed by atoms with E-state index >= 15 is 0 Å². The maximum Gasteiger partial charge on any atom is 0.342 e. The summed E-state index contributed by atoms with van der Waals surface area (Å²) in [5.41, 5.74) is 0.198. The number of halogens is 3. The van der Waals surface area contributed by atoms with Gasteiger partial charge in [-0.05, 0) is 42.0 Å². The molecule has 3 aromatic rings. The Labute approximate surface area is 175 Å². The normalized spacial score (nSPS) is 11.9. The molecule has 0 fully saturated rings. The molecule has 1 atom stereocenters. The van der Waals surface area contributed by atoms with Crippen LogP contribution >= 0.6 is 34.8 Å². The summed E-state index contributed by atoms with van der Waals surface area (Å²) in [5.74, 6) is -1.68. The molecular weight excluding hydrogens is 425 g/mol. The third-order valence-electron chi connectivity index (χ3n) is 4.00. The van der Waals surface area contributed by atoms with E-state index in [1.54, 1.807) is 12.1 Å². The van der Waals surface area contributed by atoms with Crippen LogP contribution in [0.15, 0.2) is 48.5 Å². The molecule has 0 aliphatic carbocycles. The number of carbonyl (C=O) groups excluding carboxylic acids is 2. The van der Waals surface area contributed by atoms with Crippen LogP contribution in [-0.4, -0.2) is 23.1 Å². The van der Waals surface area contributed by atoms with Crippen LogP contribution < -0.4 is 5.32 Å². The number of nitrogens with one attached hydrogen (secondary N) is 1. The Bertz CT molecular complexity index is 1080. The first kappa shape index (κ1) is 20.3. The van der Waals surface area contributed by atoms with Crippen molar-refractivity contribution in [2.75, 3.05) is 5.32 Å². The maximum absolute atomic E-state index is 12.4. The lowest BCUT2D eigenvalue weighted by molar-refractivity contribution is -0.123. The predicted octanol–water partition coefficient (Wildman–Crippen LogP) is 5.69. The van der Waals surface area contributed by atoms with Crippen molar-refractivity contribution in [1.29, 1.82) is 0 Å². The van der Waals surface area contributed by atoms with Gasteiger partial charge < -0.3 is 15.2 Å². The number of phenolic OH excluding ortho intramolecular Hbond substituents is 1. The van der Waals surface area contributed by atoms with Crippen molar-refractivity contribution in [3.05, 3.63) is 69.2 Å². The second kappa shape index (κ2) is 8.27. The lowest BCUT2D eigenvalue weighted by Gasteiger charge is -2.15. The molecule has 0 aliphatic rings. The fourth-order valence-corrected chi connectivity index (χ4v) is 3.12. The highest BCUT2D eigenvalue weighted by Gasteiger charge is 2.22. The lowest BCUT2D eigenvalue weighted by Crippen LogP contribution is -2.30. The molecule has 0 radical (unpaired) electrons. The van der Waals surface area contributed by atoms with Gasteiger partial charge in [-0.1, -0.05) is 59.1 Å². The molecular formula is C20H14Cl3NO4. The molecule has 0 saturated heterocycles. The van der Waals surface area contributed by atoms with Gasteiger partial charge in [-0.15, -0.1) is 0 Å². The molecule has 2 N–H and O–H groups in total. The van der Waals surface area contributed by atoms with Gasteiger partial charge in [0, 0.05) is 0 Å². The number of carbonyl (C=O) groups is 2. The van der Waals surface area contributed by atoms with E-state index in [0.29, 0.717) is 0 Å². The van der Waals surface area contributed by atoms with Gasteiger partial charge in [0.1, 0.15) is 11.3 Å². The predicted molar refractivity (Wildman–Crippen MR) is 111 cm³/mol. The molecule has 1 amide bonds.